The number of thiocarbonyl (C=S) groups is 1. The number of thioether (sulfide) groups is 1. The van der Waals surface area contributed by atoms with Crippen molar-refractivity contribution < 1.29 is 19.0 Å². The SMILES string of the molecule is COc1cc(C=C2SC(=S)N(CCCCc3nn[nH]n3)C2=O)cc(-c2ccc3[nH]ccc3c2)c1OCCN1CCOCC1. The number of methoxy groups -OCH3 is 1. The number of nitrogens with one attached hydrogen (secondary N) is 2. The van der Waals surface area contributed by atoms with Crippen LogP contribution in [0.4, 0.5) is 0 Å². The fourth-order valence-corrected chi connectivity index (χ4v) is 6.54. The molecule has 2 aromatic carbocycles. The van der Waals surface area contributed by atoms with E-state index in [4.69, 9.17) is 26.4 Å². The summed E-state index contributed by atoms with van der Waals surface area (Å²) in [6.07, 6.45) is 6.12. The van der Waals surface area contributed by atoms with Gasteiger partial charge in [0.05, 0.1) is 25.2 Å². The van der Waals surface area contributed by atoms with Gasteiger partial charge in [0, 0.05) is 49.9 Å². The topological polar surface area (TPSA) is 121 Å². The molecule has 2 N–H and O–H groups in total. The van der Waals surface area contributed by atoms with Gasteiger partial charge in [0.2, 0.25) is 0 Å². The van der Waals surface area contributed by atoms with Crippen LogP contribution in [-0.4, -0.2) is 98.7 Å². The van der Waals surface area contributed by atoms with Crippen LogP contribution in [0, 0.1) is 0 Å². The highest BCUT2D eigenvalue weighted by molar-refractivity contribution is 8.26. The Labute approximate surface area is 258 Å². The maximum absolute atomic E-state index is 13.4. The van der Waals surface area contributed by atoms with Gasteiger partial charge in [-0.15, -0.1) is 10.2 Å². The monoisotopic (exact) mass is 619 g/mol. The van der Waals surface area contributed by atoms with E-state index in [2.05, 4.69) is 54.8 Å². The molecule has 0 radical (unpaired) electrons. The van der Waals surface area contributed by atoms with E-state index < -0.39 is 0 Å². The molecule has 2 aromatic heterocycles. The average molecular weight is 620 g/mol. The Morgan fingerprint density at radius 3 is 2.84 bits per heavy atom. The number of aryl methyl sites for hydroxylation is 1. The lowest BCUT2D eigenvalue weighted by atomic mass is 9.99. The zero-order chi connectivity index (χ0) is 29.6. The first-order chi connectivity index (χ1) is 21.1. The fraction of sp³-hybridized carbons (Fsp3) is 0.367. The largest absolute Gasteiger partial charge is 0.493 e. The molecule has 2 aliphatic heterocycles. The molecule has 6 rings (SSSR count). The highest BCUT2D eigenvalue weighted by Crippen LogP contribution is 2.42. The van der Waals surface area contributed by atoms with Crippen LogP contribution in [-0.2, 0) is 16.0 Å². The molecule has 0 saturated carbocycles. The normalized spacial score (nSPS) is 17.0. The molecule has 0 bridgehead atoms. The molecule has 0 atom stereocenters. The summed E-state index contributed by atoms with van der Waals surface area (Å²) in [7, 11) is 1.64. The van der Waals surface area contributed by atoms with Crippen molar-refractivity contribution >= 4 is 51.2 Å². The number of rotatable bonds is 12. The number of morpholine rings is 1. The van der Waals surface area contributed by atoms with Crippen molar-refractivity contribution in [2.24, 2.45) is 0 Å². The van der Waals surface area contributed by atoms with Gasteiger partial charge in [-0.2, -0.15) is 5.21 Å². The molecule has 0 spiro atoms. The van der Waals surface area contributed by atoms with Crippen molar-refractivity contribution in [2.75, 3.05) is 53.1 Å². The molecular formula is C30H33N7O4S2. The van der Waals surface area contributed by atoms with Crippen molar-refractivity contribution in [3.05, 3.63) is 58.9 Å². The zero-order valence-electron chi connectivity index (χ0n) is 23.9. The molecule has 43 heavy (non-hydrogen) atoms. The average Bonchev–Trinajstić information content (AvgIpc) is 3.78. The molecule has 4 aromatic rings. The maximum atomic E-state index is 13.4. The second-order valence-electron chi connectivity index (χ2n) is 10.3. The number of amides is 1. The molecule has 13 heteroatoms. The van der Waals surface area contributed by atoms with Gasteiger partial charge in [0.25, 0.3) is 5.91 Å². The van der Waals surface area contributed by atoms with Gasteiger partial charge in [0.1, 0.15) is 10.9 Å². The number of hydrogen-bond acceptors (Lipinski definition) is 10. The summed E-state index contributed by atoms with van der Waals surface area (Å²) in [6.45, 7) is 5.13. The van der Waals surface area contributed by atoms with E-state index in [1.165, 1.54) is 11.8 Å². The Morgan fingerprint density at radius 2 is 2.02 bits per heavy atom. The van der Waals surface area contributed by atoms with Crippen molar-refractivity contribution in [2.45, 2.75) is 19.3 Å². The van der Waals surface area contributed by atoms with Gasteiger partial charge in [0.15, 0.2) is 17.3 Å². The minimum atomic E-state index is -0.0883. The molecule has 0 aliphatic carbocycles. The van der Waals surface area contributed by atoms with Crippen LogP contribution in [0.3, 0.4) is 0 Å². The summed E-state index contributed by atoms with van der Waals surface area (Å²) >= 11 is 6.90. The summed E-state index contributed by atoms with van der Waals surface area (Å²) < 4.78 is 18.3. The highest BCUT2D eigenvalue weighted by atomic mass is 32.2. The number of unbranched alkanes of at least 4 members (excludes halogenated alkanes) is 1. The number of benzene rings is 2. The number of carbonyl (C=O) groups excluding carboxylic acids is 1. The molecule has 11 nitrogen and oxygen atoms in total. The third-order valence-electron chi connectivity index (χ3n) is 7.51. The van der Waals surface area contributed by atoms with Gasteiger partial charge >= 0.3 is 0 Å². The molecule has 2 saturated heterocycles. The van der Waals surface area contributed by atoms with Crippen LogP contribution in [0.15, 0.2) is 47.5 Å². The molecule has 224 valence electrons. The quantitative estimate of drug-likeness (QED) is 0.135. The van der Waals surface area contributed by atoms with Gasteiger partial charge in [-0.1, -0.05) is 35.3 Å². The Kier molecular flexibility index (Phi) is 9.32. The van der Waals surface area contributed by atoms with Crippen molar-refractivity contribution in [3.63, 3.8) is 0 Å². The number of aromatic nitrogens is 5. The molecule has 1 amide bonds. The number of nitrogens with zero attached hydrogens (tertiary/aromatic N) is 5. The Morgan fingerprint density at radius 1 is 1.14 bits per heavy atom. The number of carbonyl (C=O) groups is 1. The Balaban J connectivity index is 1.24. The van der Waals surface area contributed by atoms with Gasteiger partial charge in [-0.3, -0.25) is 14.6 Å². The highest BCUT2D eigenvalue weighted by Gasteiger charge is 2.31. The number of fused-ring (bicyclic) bond motifs is 1. The van der Waals surface area contributed by atoms with Crippen LogP contribution >= 0.6 is 24.0 Å². The van der Waals surface area contributed by atoms with Crippen molar-refractivity contribution in [1.82, 2.24) is 35.4 Å². The summed E-state index contributed by atoms with van der Waals surface area (Å²) in [5.74, 6) is 1.86. The second-order valence-corrected chi connectivity index (χ2v) is 12.0. The summed E-state index contributed by atoms with van der Waals surface area (Å²) in [5, 5.41) is 15.1. The van der Waals surface area contributed by atoms with Crippen LogP contribution in [0.1, 0.15) is 24.2 Å². The smallest absolute Gasteiger partial charge is 0.266 e. The van der Waals surface area contributed by atoms with Crippen LogP contribution in [0.25, 0.3) is 28.1 Å². The first-order valence-electron chi connectivity index (χ1n) is 14.3. The standard InChI is InChI=1S/C30H33N7O4S2/c1-39-25-17-20(18-26-29(38)37(30(42)43-26)9-3-2-4-27-32-34-35-33-27)16-23(21-5-6-24-22(19-21)7-8-31-24)28(25)41-15-12-36-10-13-40-14-11-36/h5-8,16-19,31H,2-4,9-15H2,1H3,(H,32,33,34,35). The number of ether oxygens (including phenoxy) is 3. The van der Waals surface area contributed by atoms with Crippen molar-refractivity contribution in [3.8, 4) is 22.6 Å². The minimum Gasteiger partial charge on any atom is -0.493 e. The Hall–Kier alpha value is -3.78. The number of H-pyrrole nitrogens is 2. The van der Waals surface area contributed by atoms with E-state index in [1.807, 2.05) is 24.4 Å². The summed E-state index contributed by atoms with van der Waals surface area (Å²) in [4.78, 5) is 21.2. The number of hydrogen-bond donors (Lipinski definition) is 2. The lowest BCUT2D eigenvalue weighted by molar-refractivity contribution is -0.122. The zero-order valence-corrected chi connectivity index (χ0v) is 25.5. The second kappa shape index (κ2) is 13.7. The summed E-state index contributed by atoms with van der Waals surface area (Å²) in [6, 6.07) is 12.3. The van der Waals surface area contributed by atoms with E-state index >= 15 is 0 Å². The van der Waals surface area contributed by atoms with E-state index in [1.54, 1.807) is 12.0 Å². The third-order valence-corrected chi connectivity index (χ3v) is 8.89. The third kappa shape index (κ3) is 6.90. The molecule has 2 aliphatic rings. The molecular weight excluding hydrogens is 587 g/mol. The number of tetrazole rings is 1. The first-order valence-corrected chi connectivity index (χ1v) is 15.5. The van der Waals surface area contributed by atoms with E-state index in [-0.39, 0.29) is 5.91 Å². The maximum Gasteiger partial charge on any atom is 0.266 e. The van der Waals surface area contributed by atoms with Crippen LogP contribution in [0.2, 0.25) is 0 Å². The molecule has 2 fully saturated rings. The van der Waals surface area contributed by atoms with Gasteiger partial charge in [-0.25, -0.2) is 0 Å². The predicted octanol–water partition coefficient (Wildman–Crippen LogP) is 4.29. The molecule has 0 unspecified atom stereocenters. The predicted molar refractivity (Wildman–Crippen MR) is 170 cm³/mol. The first kappa shape index (κ1) is 29.3. The Bertz CT molecular complexity index is 1620. The van der Waals surface area contributed by atoms with E-state index in [0.29, 0.717) is 46.1 Å². The summed E-state index contributed by atoms with van der Waals surface area (Å²) in [5.41, 5.74) is 3.78. The van der Waals surface area contributed by atoms with Gasteiger partial charge < -0.3 is 19.2 Å². The lowest BCUT2D eigenvalue weighted by Gasteiger charge is -2.26. The van der Waals surface area contributed by atoms with Crippen molar-refractivity contribution in [1.29, 1.82) is 0 Å². The lowest BCUT2D eigenvalue weighted by Crippen LogP contribution is -2.38. The minimum absolute atomic E-state index is 0.0883. The van der Waals surface area contributed by atoms with E-state index in [0.717, 1.165) is 73.3 Å². The molecule has 4 heterocycles. The van der Waals surface area contributed by atoms with Gasteiger partial charge in [-0.05, 0) is 65.8 Å². The van der Waals surface area contributed by atoms with E-state index in [9.17, 15) is 4.79 Å². The van der Waals surface area contributed by atoms with Crippen LogP contribution in [0.5, 0.6) is 11.5 Å². The van der Waals surface area contributed by atoms with Crippen LogP contribution < -0.4 is 9.47 Å². The fourth-order valence-electron chi connectivity index (χ4n) is 5.23. The number of aromatic amines is 2.